The van der Waals surface area contributed by atoms with Gasteiger partial charge in [-0.05, 0) is 31.9 Å². The Hall–Kier alpha value is -3.93. The van der Waals surface area contributed by atoms with Crippen LogP contribution in [0.25, 0.3) is 0 Å². The van der Waals surface area contributed by atoms with Crippen LogP contribution in [0.5, 0.6) is 0 Å². The number of nitriles is 1. The Morgan fingerprint density at radius 1 is 1.27 bits per heavy atom. The fourth-order valence-electron chi connectivity index (χ4n) is 3.25. The summed E-state index contributed by atoms with van der Waals surface area (Å²) in [6, 6.07) is 9.58. The summed E-state index contributed by atoms with van der Waals surface area (Å²) in [6.07, 6.45) is 0. The maximum Gasteiger partial charge on any atom is 0.338 e. The Morgan fingerprint density at radius 3 is 2.60 bits per heavy atom. The van der Waals surface area contributed by atoms with Gasteiger partial charge >= 0.3 is 12.0 Å². The van der Waals surface area contributed by atoms with Crippen molar-refractivity contribution in [2.75, 3.05) is 6.61 Å². The zero-order valence-electron chi connectivity index (χ0n) is 16.9. The predicted octanol–water partition coefficient (Wildman–Crippen LogP) is 1.60. The Kier molecular flexibility index (Phi) is 5.97. The van der Waals surface area contributed by atoms with Crippen LogP contribution in [-0.4, -0.2) is 28.4 Å². The van der Waals surface area contributed by atoms with Gasteiger partial charge in [-0.3, -0.25) is 4.79 Å². The molecule has 0 spiro atoms. The molecule has 1 unspecified atom stereocenters. The van der Waals surface area contributed by atoms with Gasteiger partial charge < -0.3 is 15.4 Å². The summed E-state index contributed by atoms with van der Waals surface area (Å²) in [4.78, 5) is 37.8. The van der Waals surface area contributed by atoms with Gasteiger partial charge in [0.1, 0.15) is 11.6 Å². The molecule has 2 amide bonds. The average molecular weight is 407 g/mol. The molecule has 1 aromatic carbocycles. The summed E-state index contributed by atoms with van der Waals surface area (Å²) in [6.45, 7) is 4.96. The molecule has 0 saturated heterocycles. The van der Waals surface area contributed by atoms with E-state index in [1.165, 1.54) is 0 Å². The molecule has 154 valence electrons. The topological polar surface area (TPSA) is 126 Å². The first-order valence-electron chi connectivity index (χ1n) is 9.38. The van der Waals surface area contributed by atoms with Crippen LogP contribution in [0.15, 0.2) is 46.4 Å². The maximum absolute atomic E-state index is 12.8. The number of hydrogen-bond donors (Lipinski definition) is 2. The van der Waals surface area contributed by atoms with E-state index in [1.807, 2.05) is 12.1 Å². The van der Waals surface area contributed by atoms with Crippen molar-refractivity contribution in [2.24, 2.45) is 0 Å². The van der Waals surface area contributed by atoms with E-state index < -0.39 is 23.6 Å². The zero-order valence-corrected chi connectivity index (χ0v) is 16.9. The van der Waals surface area contributed by atoms with Crippen molar-refractivity contribution >= 4 is 12.0 Å². The van der Waals surface area contributed by atoms with E-state index in [0.717, 1.165) is 4.68 Å². The minimum atomic E-state index is -0.758. The van der Waals surface area contributed by atoms with Crippen LogP contribution in [-0.2, 0) is 16.1 Å². The highest BCUT2D eigenvalue weighted by Crippen LogP contribution is 2.28. The van der Waals surface area contributed by atoms with Crippen molar-refractivity contribution in [1.29, 1.82) is 5.26 Å². The van der Waals surface area contributed by atoms with E-state index in [1.54, 1.807) is 45.0 Å². The van der Waals surface area contributed by atoms with E-state index >= 15 is 0 Å². The normalized spacial score (nSPS) is 15.8. The number of benzene rings is 1. The number of aromatic nitrogens is 2. The van der Waals surface area contributed by atoms with E-state index in [-0.39, 0.29) is 30.0 Å². The monoisotopic (exact) mass is 407 g/mol. The first-order chi connectivity index (χ1) is 14.4. The molecule has 2 aromatic rings. The number of carbonyl (C=O) groups excluding carboxylic acids is 2. The summed E-state index contributed by atoms with van der Waals surface area (Å²) in [5, 5.41) is 18.9. The van der Waals surface area contributed by atoms with Gasteiger partial charge in [-0.1, -0.05) is 30.3 Å². The first-order valence-corrected chi connectivity index (χ1v) is 9.38. The third kappa shape index (κ3) is 3.93. The molecule has 0 aliphatic carbocycles. The fourth-order valence-corrected chi connectivity index (χ4v) is 3.25. The summed E-state index contributed by atoms with van der Waals surface area (Å²) in [5.41, 5.74) is 1.42. The SMILES string of the molecule is CCOC(=O)C1=C(Cn2nc(C)c(C)c(C#N)c2=O)NC(=O)NC1c1ccccc1. The number of hydrogen-bond acceptors (Lipinski definition) is 6. The Balaban J connectivity index is 2.17. The second-order valence-corrected chi connectivity index (χ2v) is 6.71. The molecule has 9 heteroatoms. The van der Waals surface area contributed by atoms with Gasteiger partial charge in [-0.15, -0.1) is 0 Å². The number of rotatable bonds is 5. The van der Waals surface area contributed by atoms with Crippen LogP contribution in [0.3, 0.4) is 0 Å². The van der Waals surface area contributed by atoms with Crippen molar-refractivity contribution in [3.63, 3.8) is 0 Å². The Bertz CT molecular complexity index is 1130. The van der Waals surface area contributed by atoms with Crippen molar-refractivity contribution in [2.45, 2.75) is 33.4 Å². The van der Waals surface area contributed by atoms with Gasteiger partial charge in [-0.25, -0.2) is 14.3 Å². The van der Waals surface area contributed by atoms with Gasteiger partial charge in [0.15, 0.2) is 0 Å². The summed E-state index contributed by atoms with van der Waals surface area (Å²) >= 11 is 0. The van der Waals surface area contributed by atoms with Crippen LogP contribution in [0.4, 0.5) is 4.79 Å². The number of aryl methyl sites for hydroxylation is 1. The number of nitrogens with one attached hydrogen (secondary N) is 2. The molecule has 0 saturated carbocycles. The first kappa shape index (κ1) is 20.8. The molecule has 1 aliphatic rings. The Morgan fingerprint density at radius 2 is 1.97 bits per heavy atom. The van der Waals surface area contributed by atoms with Gasteiger partial charge in [0.25, 0.3) is 5.56 Å². The second-order valence-electron chi connectivity index (χ2n) is 6.71. The minimum Gasteiger partial charge on any atom is -0.463 e. The third-order valence-electron chi connectivity index (χ3n) is 4.84. The smallest absolute Gasteiger partial charge is 0.338 e. The van der Waals surface area contributed by atoms with Crippen LogP contribution >= 0.6 is 0 Å². The van der Waals surface area contributed by atoms with Gasteiger partial charge in [0.2, 0.25) is 0 Å². The maximum atomic E-state index is 12.8. The summed E-state index contributed by atoms with van der Waals surface area (Å²) < 4.78 is 6.28. The number of urea groups is 1. The van der Waals surface area contributed by atoms with Crippen LogP contribution in [0.2, 0.25) is 0 Å². The number of ether oxygens (including phenoxy) is 1. The summed E-state index contributed by atoms with van der Waals surface area (Å²) in [7, 11) is 0. The number of esters is 1. The standard InChI is InChI=1S/C21H21N5O4/c1-4-30-20(28)17-16(11-26-19(27)15(10-22)12(2)13(3)25-26)23-21(29)24-18(17)14-8-6-5-7-9-14/h5-9,18H,4,11H2,1-3H3,(H2,23,24,29). The van der Waals surface area contributed by atoms with E-state index in [2.05, 4.69) is 15.7 Å². The number of allylic oxidation sites excluding steroid dienone is 1. The molecule has 9 nitrogen and oxygen atoms in total. The lowest BCUT2D eigenvalue weighted by Crippen LogP contribution is -2.47. The molecule has 2 N–H and O–H groups in total. The van der Waals surface area contributed by atoms with Gasteiger partial charge in [-0.2, -0.15) is 10.4 Å². The lowest BCUT2D eigenvalue weighted by atomic mass is 9.95. The molecule has 0 bridgehead atoms. The number of amides is 2. The highest BCUT2D eigenvalue weighted by atomic mass is 16.5. The lowest BCUT2D eigenvalue weighted by molar-refractivity contribution is -0.139. The molecule has 2 heterocycles. The minimum absolute atomic E-state index is 0.0272. The van der Waals surface area contributed by atoms with Gasteiger partial charge in [0.05, 0.1) is 36.2 Å². The average Bonchev–Trinajstić information content (AvgIpc) is 2.73. The molecule has 1 aromatic heterocycles. The Labute approximate surface area is 173 Å². The highest BCUT2D eigenvalue weighted by molar-refractivity contribution is 5.95. The quantitative estimate of drug-likeness (QED) is 0.725. The largest absolute Gasteiger partial charge is 0.463 e. The molecule has 3 rings (SSSR count). The van der Waals surface area contributed by atoms with Crippen molar-refractivity contribution in [3.8, 4) is 6.07 Å². The molecule has 0 radical (unpaired) electrons. The molecule has 1 aliphatic heterocycles. The molecule has 1 atom stereocenters. The van der Waals surface area contributed by atoms with Crippen molar-refractivity contribution < 1.29 is 14.3 Å². The van der Waals surface area contributed by atoms with E-state index in [4.69, 9.17) is 4.74 Å². The molecule has 0 fully saturated rings. The van der Waals surface area contributed by atoms with Gasteiger partial charge in [0, 0.05) is 0 Å². The van der Waals surface area contributed by atoms with E-state index in [0.29, 0.717) is 16.8 Å². The highest BCUT2D eigenvalue weighted by Gasteiger charge is 2.34. The molecular weight excluding hydrogens is 386 g/mol. The van der Waals surface area contributed by atoms with E-state index in [9.17, 15) is 19.6 Å². The third-order valence-corrected chi connectivity index (χ3v) is 4.84. The van der Waals surface area contributed by atoms with Crippen LogP contribution < -0.4 is 16.2 Å². The van der Waals surface area contributed by atoms with Crippen LogP contribution in [0, 0.1) is 25.2 Å². The summed E-state index contributed by atoms with van der Waals surface area (Å²) in [5.74, 6) is -0.619. The van der Waals surface area contributed by atoms with Crippen molar-refractivity contribution in [1.82, 2.24) is 20.4 Å². The second kappa shape index (κ2) is 8.61. The van der Waals surface area contributed by atoms with Crippen LogP contribution in [0.1, 0.15) is 35.3 Å². The number of carbonyl (C=O) groups is 2. The molecule has 30 heavy (non-hydrogen) atoms. The fraction of sp³-hybridized carbons (Fsp3) is 0.286. The molecular formula is C21H21N5O4. The lowest BCUT2D eigenvalue weighted by Gasteiger charge is -2.29. The number of nitrogens with zero attached hydrogens (tertiary/aromatic N) is 3. The van der Waals surface area contributed by atoms with Crippen molar-refractivity contribution in [3.05, 3.63) is 74.3 Å². The zero-order chi connectivity index (χ0) is 21.8. The predicted molar refractivity (Wildman–Crippen MR) is 107 cm³/mol.